The van der Waals surface area contributed by atoms with Crippen molar-refractivity contribution in [2.24, 2.45) is 0 Å². The number of benzene rings is 1. The van der Waals surface area contributed by atoms with E-state index in [1.165, 1.54) is 0 Å². The molecular formula is C18H25N3O2S. The van der Waals surface area contributed by atoms with Gasteiger partial charge in [-0.1, -0.05) is 12.1 Å². The quantitative estimate of drug-likeness (QED) is 0.848. The van der Waals surface area contributed by atoms with Gasteiger partial charge >= 0.3 is 0 Å². The molecular weight excluding hydrogens is 322 g/mol. The van der Waals surface area contributed by atoms with Crippen LogP contribution in [0.1, 0.15) is 29.6 Å². The summed E-state index contributed by atoms with van der Waals surface area (Å²) in [5.41, 5.74) is 0.808. The van der Waals surface area contributed by atoms with Gasteiger partial charge in [0.2, 0.25) is 5.91 Å². The van der Waals surface area contributed by atoms with Gasteiger partial charge in [-0.15, -0.1) is 11.8 Å². The van der Waals surface area contributed by atoms with E-state index in [0.717, 1.165) is 56.0 Å². The SMILES string of the molecule is CSc1ccccc1C(=O)N1CCN(C2CCNC(=O)CC2)CC1. The van der Waals surface area contributed by atoms with Gasteiger partial charge in [0.15, 0.2) is 0 Å². The molecule has 3 rings (SSSR count). The first-order chi connectivity index (χ1) is 11.7. The third-order valence-corrected chi connectivity index (χ3v) is 5.76. The van der Waals surface area contributed by atoms with E-state index in [4.69, 9.17) is 0 Å². The summed E-state index contributed by atoms with van der Waals surface area (Å²) < 4.78 is 0. The molecule has 24 heavy (non-hydrogen) atoms. The number of carbonyl (C=O) groups excluding carboxylic acids is 2. The van der Waals surface area contributed by atoms with E-state index in [1.54, 1.807) is 11.8 Å². The Morgan fingerprint density at radius 2 is 1.92 bits per heavy atom. The van der Waals surface area contributed by atoms with Crippen molar-refractivity contribution in [2.45, 2.75) is 30.2 Å². The Morgan fingerprint density at radius 3 is 2.67 bits per heavy atom. The summed E-state index contributed by atoms with van der Waals surface area (Å²) in [7, 11) is 0. The molecule has 130 valence electrons. The molecule has 2 fully saturated rings. The molecule has 1 unspecified atom stereocenters. The van der Waals surface area contributed by atoms with Crippen molar-refractivity contribution < 1.29 is 9.59 Å². The first-order valence-electron chi connectivity index (χ1n) is 8.62. The molecule has 5 nitrogen and oxygen atoms in total. The van der Waals surface area contributed by atoms with Crippen molar-refractivity contribution in [3.63, 3.8) is 0 Å². The van der Waals surface area contributed by atoms with Crippen LogP contribution < -0.4 is 5.32 Å². The predicted octanol–water partition coefficient (Wildman–Crippen LogP) is 1.84. The first-order valence-corrected chi connectivity index (χ1v) is 9.84. The fraction of sp³-hybridized carbons (Fsp3) is 0.556. The molecule has 2 aliphatic rings. The van der Waals surface area contributed by atoms with Crippen molar-refractivity contribution >= 4 is 23.6 Å². The monoisotopic (exact) mass is 347 g/mol. The number of hydrogen-bond donors (Lipinski definition) is 1. The maximum Gasteiger partial charge on any atom is 0.255 e. The number of rotatable bonds is 3. The number of nitrogens with one attached hydrogen (secondary N) is 1. The first kappa shape index (κ1) is 17.3. The van der Waals surface area contributed by atoms with Crippen LogP contribution in [0.15, 0.2) is 29.2 Å². The Bertz CT molecular complexity index is 600. The predicted molar refractivity (Wildman–Crippen MR) is 96.3 cm³/mol. The van der Waals surface area contributed by atoms with E-state index in [1.807, 2.05) is 35.4 Å². The van der Waals surface area contributed by atoms with Crippen molar-refractivity contribution in [2.75, 3.05) is 39.0 Å². The average Bonchev–Trinajstić information content (AvgIpc) is 2.86. The fourth-order valence-electron chi connectivity index (χ4n) is 3.56. The molecule has 1 aromatic carbocycles. The topological polar surface area (TPSA) is 52.7 Å². The van der Waals surface area contributed by atoms with Crippen LogP contribution in [0.4, 0.5) is 0 Å². The molecule has 2 heterocycles. The molecule has 0 aliphatic carbocycles. The smallest absolute Gasteiger partial charge is 0.255 e. The highest BCUT2D eigenvalue weighted by molar-refractivity contribution is 7.98. The number of piperazine rings is 1. The number of nitrogens with zero attached hydrogens (tertiary/aromatic N) is 2. The second kappa shape index (κ2) is 8.03. The van der Waals surface area contributed by atoms with Crippen LogP contribution in [0.5, 0.6) is 0 Å². The van der Waals surface area contributed by atoms with Gasteiger partial charge in [0.05, 0.1) is 5.56 Å². The molecule has 0 spiro atoms. The largest absolute Gasteiger partial charge is 0.356 e. The number of hydrogen-bond acceptors (Lipinski definition) is 4. The van der Waals surface area contributed by atoms with Gasteiger partial charge in [0, 0.05) is 50.1 Å². The summed E-state index contributed by atoms with van der Waals surface area (Å²) in [6.07, 6.45) is 4.56. The molecule has 0 radical (unpaired) electrons. The lowest BCUT2D eigenvalue weighted by Gasteiger charge is -2.39. The molecule has 0 bridgehead atoms. The zero-order chi connectivity index (χ0) is 16.9. The van der Waals surface area contributed by atoms with E-state index in [-0.39, 0.29) is 11.8 Å². The number of amides is 2. The highest BCUT2D eigenvalue weighted by atomic mass is 32.2. The second-order valence-corrected chi connectivity index (χ2v) is 7.21. The molecule has 2 saturated heterocycles. The lowest BCUT2D eigenvalue weighted by Crippen LogP contribution is -2.52. The molecule has 0 aromatic heterocycles. The minimum absolute atomic E-state index is 0.136. The molecule has 0 saturated carbocycles. The highest BCUT2D eigenvalue weighted by Crippen LogP contribution is 2.23. The van der Waals surface area contributed by atoms with Gasteiger partial charge < -0.3 is 10.2 Å². The summed E-state index contributed by atoms with van der Waals surface area (Å²) in [4.78, 5) is 29.7. The second-order valence-electron chi connectivity index (χ2n) is 6.36. The third kappa shape index (κ3) is 3.92. The van der Waals surface area contributed by atoms with E-state index in [2.05, 4.69) is 10.2 Å². The van der Waals surface area contributed by atoms with Gasteiger partial charge in [0.1, 0.15) is 0 Å². The third-order valence-electron chi connectivity index (χ3n) is 4.96. The summed E-state index contributed by atoms with van der Waals surface area (Å²) in [5, 5.41) is 2.94. The Labute approximate surface area is 147 Å². The Balaban J connectivity index is 1.58. The highest BCUT2D eigenvalue weighted by Gasteiger charge is 2.28. The van der Waals surface area contributed by atoms with Gasteiger partial charge in [-0.2, -0.15) is 0 Å². The maximum atomic E-state index is 12.8. The fourth-order valence-corrected chi connectivity index (χ4v) is 4.15. The minimum Gasteiger partial charge on any atom is -0.356 e. The van der Waals surface area contributed by atoms with Gasteiger partial charge in [0.25, 0.3) is 5.91 Å². The van der Waals surface area contributed by atoms with E-state index < -0.39 is 0 Å². The van der Waals surface area contributed by atoms with Crippen LogP contribution in [-0.4, -0.2) is 66.6 Å². The van der Waals surface area contributed by atoms with E-state index in [9.17, 15) is 9.59 Å². The summed E-state index contributed by atoms with van der Waals surface area (Å²) >= 11 is 1.62. The normalized spacial score (nSPS) is 22.8. The molecule has 6 heteroatoms. The maximum absolute atomic E-state index is 12.8. The van der Waals surface area contributed by atoms with E-state index in [0.29, 0.717) is 12.5 Å². The zero-order valence-corrected chi connectivity index (χ0v) is 15.0. The Hall–Kier alpha value is -1.53. The van der Waals surface area contributed by atoms with Gasteiger partial charge in [-0.05, 0) is 31.2 Å². The Kier molecular flexibility index (Phi) is 5.79. The van der Waals surface area contributed by atoms with Crippen LogP contribution in [0.2, 0.25) is 0 Å². The molecule has 2 aliphatic heterocycles. The van der Waals surface area contributed by atoms with Crippen molar-refractivity contribution in [3.8, 4) is 0 Å². The van der Waals surface area contributed by atoms with Crippen molar-refractivity contribution in [1.29, 1.82) is 0 Å². The van der Waals surface area contributed by atoms with Crippen LogP contribution in [0.25, 0.3) is 0 Å². The summed E-state index contributed by atoms with van der Waals surface area (Å²) in [6, 6.07) is 8.28. The van der Waals surface area contributed by atoms with E-state index >= 15 is 0 Å². The number of thioether (sulfide) groups is 1. The summed E-state index contributed by atoms with van der Waals surface area (Å²) in [6.45, 7) is 4.08. The molecule has 1 N–H and O–H groups in total. The van der Waals surface area contributed by atoms with Crippen LogP contribution in [-0.2, 0) is 4.79 Å². The number of carbonyl (C=O) groups is 2. The summed E-state index contributed by atoms with van der Waals surface area (Å²) in [5.74, 6) is 0.303. The van der Waals surface area contributed by atoms with Crippen molar-refractivity contribution in [1.82, 2.24) is 15.1 Å². The van der Waals surface area contributed by atoms with Gasteiger partial charge in [-0.25, -0.2) is 0 Å². The average molecular weight is 347 g/mol. The Morgan fingerprint density at radius 1 is 1.17 bits per heavy atom. The molecule has 1 aromatic rings. The van der Waals surface area contributed by atoms with Crippen molar-refractivity contribution in [3.05, 3.63) is 29.8 Å². The minimum atomic E-state index is 0.136. The zero-order valence-electron chi connectivity index (χ0n) is 14.2. The molecule has 1 atom stereocenters. The van der Waals surface area contributed by atoms with Crippen LogP contribution >= 0.6 is 11.8 Å². The van der Waals surface area contributed by atoms with Gasteiger partial charge in [-0.3, -0.25) is 14.5 Å². The lowest BCUT2D eigenvalue weighted by atomic mass is 10.1. The standard InChI is InChI=1S/C18H25N3O2S/c1-24-16-5-3-2-4-15(16)18(23)21-12-10-20(11-13-21)14-6-7-17(22)19-9-8-14/h2-5,14H,6-13H2,1H3,(H,19,22). The van der Waals surface area contributed by atoms with Crippen LogP contribution in [0, 0.1) is 0 Å². The molecule has 2 amide bonds. The lowest BCUT2D eigenvalue weighted by molar-refractivity contribution is -0.120. The van der Waals surface area contributed by atoms with Crippen LogP contribution in [0.3, 0.4) is 0 Å².